The molecule has 1 heterocycles. The SMILES string of the molecule is NC(=O)NCCNC(=O)Nc1cccnc1C(=O)O. The van der Waals surface area contributed by atoms with Gasteiger partial charge in [0.15, 0.2) is 5.69 Å². The zero-order chi connectivity index (χ0) is 14.3. The number of urea groups is 2. The molecular weight excluding hydrogens is 254 g/mol. The molecule has 19 heavy (non-hydrogen) atoms. The standard InChI is InChI=1S/C10H13N5O4/c11-9(18)13-4-5-14-10(19)15-6-2-1-3-12-7(6)8(16)17/h1-3H,4-5H2,(H,16,17)(H3,11,13,18)(H2,14,15,19). The number of carboxylic acid groups (broad SMARTS) is 1. The molecule has 4 amide bonds. The van der Waals surface area contributed by atoms with E-state index < -0.39 is 18.0 Å². The molecule has 9 nitrogen and oxygen atoms in total. The molecule has 1 aromatic rings. The number of hydrogen-bond donors (Lipinski definition) is 5. The van der Waals surface area contributed by atoms with Gasteiger partial charge in [-0.1, -0.05) is 0 Å². The summed E-state index contributed by atoms with van der Waals surface area (Å²) in [7, 11) is 0. The number of nitrogens with two attached hydrogens (primary N) is 1. The van der Waals surface area contributed by atoms with Gasteiger partial charge in [0.2, 0.25) is 0 Å². The number of aromatic carboxylic acids is 1. The van der Waals surface area contributed by atoms with Gasteiger partial charge in [-0.3, -0.25) is 0 Å². The Bertz CT molecular complexity index is 491. The Morgan fingerprint density at radius 2 is 1.95 bits per heavy atom. The first-order valence-electron chi connectivity index (χ1n) is 5.27. The van der Waals surface area contributed by atoms with Crippen molar-refractivity contribution in [2.24, 2.45) is 5.73 Å². The predicted octanol–water partition coefficient (Wildman–Crippen LogP) is -0.430. The lowest BCUT2D eigenvalue weighted by molar-refractivity contribution is 0.0691. The van der Waals surface area contributed by atoms with Gasteiger partial charge in [0.1, 0.15) is 0 Å². The third-order valence-electron chi connectivity index (χ3n) is 1.97. The van der Waals surface area contributed by atoms with Crippen LogP contribution >= 0.6 is 0 Å². The molecule has 0 fully saturated rings. The van der Waals surface area contributed by atoms with E-state index >= 15 is 0 Å². The molecule has 0 atom stereocenters. The molecule has 0 aliphatic carbocycles. The average molecular weight is 267 g/mol. The molecule has 0 spiro atoms. The molecular formula is C10H13N5O4. The molecule has 0 saturated carbocycles. The normalized spacial score (nSPS) is 9.47. The first-order chi connectivity index (χ1) is 9.00. The van der Waals surface area contributed by atoms with Crippen molar-refractivity contribution in [3.63, 3.8) is 0 Å². The number of primary amides is 1. The summed E-state index contributed by atoms with van der Waals surface area (Å²) >= 11 is 0. The highest BCUT2D eigenvalue weighted by Crippen LogP contribution is 2.11. The summed E-state index contributed by atoms with van der Waals surface area (Å²) in [5.74, 6) is -1.24. The first kappa shape index (κ1) is 14.2. The van der Waals surface area contributed by atoms with Crippen LogP contribution in [0.1, 0.15) is 10.5 Å². The van der Waals surface area contributed by atoms with Crippen molar-refractivity contribution in [1.82, 2.24) is 15.6 Å². The van der Waals surface area contributed by atoms with Crippen LogP contribution in [0.15, 0.2) is 18.3 Å². The van der Waals surface area contributed by atoms with Gasteiger partial charge >= 0.3 is 18.0 Å². The number of rotatable bonds is 5. The van der Waals surface area contributed by atoms with Crippen molar-refractivity contribution < 1.29 is 19.5 Å². The van der Waals surface area contributed by atoms with E-state index in [0.29, 0.717) is 0 Å². The maximum Gasteiger partial charge on any atom is 0.356 e. The fourth-order valence-corrected chi connectivity index (χ4v) is 1.20. The summed E-state index contributed by atoms with van der Waals surface area (Å²) in [6, 6.07) is 1.61. The van der Waals surface area contributed by atoms with Crippen LogP contribution in [-0.2, 0) is 0 Å². The van der Waals surface area contributed by atoms with Crippen molar-refractivity contribution in [1.29, 1.82) is 0 Å². The highest BCUT2D eigenvalue weighted by Gasteiger charge is 2.12. The topological polar surface area (TPSA) is 146 Å². The van der Waals surface area contributed by atoms with Gasteiger partial charge in [0, 0.05) is 19.3 Å². The molecule has 0 radical (unpaired) electrons. The number of nitrogens with one attached hydrogen (secondary N) is 3. The number of amides is 4. The van der Waals surface area contributed by atoms with Gasteiger partial charge in [-0.15, -0.1) is 0 Å². The van der Waals surface area contributed by atoms with Crippen LogP contribution in [0.4, 0.5) is 15.3 Å². The van der Waals surface area contributed by atoms with E-state index in [9.17, 15) is 14.4 Å². The highest BCUT2D eigenvalue weighted by atomic mass is 16.4. The van der Waals surface area contributed by atoms with Gasteiger partial charge in [-0.2, -0.15) is 0 Å². The number of hydrogen-bond acceptors (Lipinski definition) is 4. The van der Waals surface area contributed by atoms with Crippen LogP contribution in [0.5, 0.6) is 0 Å². The Kier molecular flexibility index (Phi) is 5.08. The number of pyridine rings is 1. The smallest absolute Gasteiger partial charge is 0.356 e. The Balaban J connectivity index is 2.48. The molecule has 0 bridgehead atoms. The molecule has 102 valence electrons. The predicted molar refractivity (Wildman–Crippen MR) is 65.8 cm³/mol. The van der Waals surface area contributed by atoms with E-state index in [4.69, 9.17) is 10.8 Å². The van der Waals surface area contributed by atoms with Crippen LogP contribution in [0.25, 0.3) is 0 Å². The summed E-state index contributed by atoms with van der Waals surface area (Å²) in [6.45, 7) is 0.318. The molecule has 0 aromatic carbocycles. The zero-order valence-electron chi connectivity index (χ0n) is 9.84. The lowest BCUT2D eigenvalue weighted by Crippen LogP contribution is -2.38. The molecule has 1 rings (SSSR count). The average Bonchev–Trinajstić information content (AvgIpc) is 2.35. The quantitative estimate of drug-likeness (QED) is 0.459. The van der Waals surface area contributed by atoms with Crippen molar-refractivity contribution in [2.75, 3.05) is 18.4 Å². The zero-order valence-corrected chi connectivity index (χ0v) is 9.84. The minimum absolute atomic E-state index is 0.0790. The lowest BCUT2D eigenvalue weighted by Gasteiger charge is -2.09. The van der Waals surface area contributed by atoms with Crippen LogP contribution in [0.2, 0.25) is 0 Å². The fourth-order valence-electron chi connectivity index (χ4n) is 1.20. The summed E-state index contributed by atoms with van der Waals surface area (Å²) < 4.78 is 0. The van der Waals surface area contributed by atoms with Crippen molar-refractivity contribution in [3.8, 4) is 0 Å². The molecule has 0 aliphatic heterocycles. The highest BCUT2D eigenvalue weighted by molar-refractivity contribution is 5.98. The van der Waals surface area contributed by atoms with E-state index in [-0.39, 0.29) is 24.5 Å². The van der Waals surface area contributed by atoms with Crippen molar-refractivity contribution in [2.45, 2.75) is 0 Å². The number of carbonyl (C=O) groups excluding carboxylic acids is 2. The van der Waals surface area contributed by atoms with E-state index in [1.807, 2.05) is 0 Å². The molecule has 9 heteroatoms. The second-order valence-corrected chi connectivity index (χ2v) is 3.38. The third-order valence-corrected chi connectivity index (χ3v) is 1.97. The van der Waals surface area contributed by atoms with Gasteiger partial charge in [0.05, 0.1) is 5.69 Å². The van der Waals surface area contributed by atoms with Gasteiger partial charge in [-0.25, -0.2) is 19.4 Å². The van der Waals surface area contributed by atoms with E-state index in [0.717, 1.165) is 0 Å². The third kappa shape index (κ3) is 4.89. The largest absolute Gasteiger partial charge is 0.476 e. The molecule has 0 aliphatic rings. The number of nitrogens with zero attached hydrogens (tertiary/aromatic N) is 1. The fraction of sp³-hybridized carbons (Fsp3) is 0.200. The monoisotopic (exact) mass is 267 g/mol. The minimum atomic E-state index is -1.24. The van der Waals surface area contributed by atoms with E-state index in [1.54, 1.807) is 0 Å². The first-order valence-corrected chi connectivity index (χ1v) is 5.27. The summed E-state index contributed by atoms with van der Waals surface area (Å²) in [6.07, 6.45) is 1.31. The summed E-state index contributed by atoms with van der Waals surface area (Å²) in [5, 5.41) is 15.9. The maximum atomic E-state index is 11.4. The molecule has 0 saturated heterocycles. The van der Waals surface area contributed by atoms with Gasteiger partial charge in [0.25, 0.3) is 0 Å². The second kappa shape index (κ2) is 6.79. The van der Waals surface area contributed by atoms with E-state index in [1.165, 1.54) is 18.3 Å². The maximum absolute atomic E-state index is 11.4. The Morgan fingerprint density at radius 3 is 2.58 bits per heavy atom. The Hall–Kier alpha value is -2.84. The van der Waals surface area contributed by atoms with Crippen molar-refractivity contribution >= 4 is 23.7 Å². The Labute approximate surface area is 108 Å². The molecule has 6 N–H and O–H groups in total. The Morgan fingerprint density at radius 1 is 1.26 bits per heavy atom. The molecule has 0 unspecified atom stereocenters. The second-order valence-electron chi connectivity index (χ2n) is 3.38. The minimum Gasteiger partial charge on any atom is -0.476 e. The number of anilines is 1. The van der Waals surface area contributed by atoms with Crippen LogP contribution in [0, 0.1) is 0 Å². The number of aromatic nitrogens is 1. The number of carboxylic acids is 1. The van der Waals surface area contributed by atoms with E-state index in [2.05, 4.69) is 20.9 Å². The van der Waals surface area contributed by atoms with Gasteiger partial charge < -0.3 is 26.8 Å². The van der Waals surface area contributed by atoms with Crippen LogP contribution in [0.3, 0.4) is 0 Å². The summed E-state index contributed by atoms with van der Waals surface area (Å²) in [4.78, 5) is 36.3. The lowest BCUT2D eigenvalue weighted by atomic mass is 10.3. The van der Waals surface area contributed by atoms with Crippen LogP contribution in [-0.4, -0.2) is 41.2 Å². The molecule has 1 aromatic heterocycles. The summed E-state index contributed by atoms with van der Waals surface area (Å²) in [5.41, 5.74) is 4.66. The van der Waals surface area contributed by atoms with Gasteiger partial charge in [-0.05, 0) is 12.1 Å². The number of carbonyl (C=O) groups is 3. The van der Waals surface area contributed by atoms with Crippen molar-refractivity contribution in [3.05, 3.63) is 24.0 Å². The van der Waals surface area contributed by atoms with Crippen LogP contribution < -0.4 is 21.7 Å².